The van der Waals surface area contributed by atoms with E-state index in [0.29, 0.717) is 23.1 Å². The molecule has 6 heteroatoms. The Hall–Kier alpha value is -2.86. The topological polar surface area (TPSA) is 51.7 Å². The van der Waals surface area contributed by atoms with Gasteiger partial charge in [-0.1, -0.05) is 30.3 Å². The van der Waals surface area contributed by atoms with Gasteiger partial charge < -0.3 is 14.4 Å². The fourth-order valence-electron chi connectivity index (χ4n) is 3.92. The third-order valence-corrected chi connectivity index (χ3v) is 6.51. The Morgan fingerprint density at radius 3 is 2.50 bits per heavy atom. The number of amides is 1. The normalized spacial score (nSPS) is 14.5. The monoisotopic (exact) mass is 422 g/mol. The van der Waals surface area contributed by atoms with Gasteiger partial charge in [-0.25, -0.2) is 4.98 Å². The summed E-state index contributed by atoms with van der Waals surface area (Å²) in [7, 11) is 3.22. The second-order valence-electron chi connectivity index (χ2n) is 7.53. The Labute approximate surface area is 181 Å². The number of methoxy groups -OCH3 is 2. The van der Waals surface area contributed by atoms with Crippen LogP contribution in [0.2, 0.25) is 0 Å². The Morgan fingerprint density at radius 1 is 1.07 bits per heavy atom. The number of rotatable bonds is 6. The highest BCUT2D eigenvalue weighted by Crippen LogP contribution is 2.34. The van der Waals surface area contributed by atoms with Crippen LogP contribution < -0.4 is 9.47 Å². The molecule has 156 valence electrons. The van der Waals surface area contributed by atoms with Gasteiger partial charge in [0.05, 0.1) is 14.2 Å². The lowest BCUT2D eigenvalue weighted by Gasteiger charge is -2.31. The predicted molar refractivity (Wildman–Crippen MR) is 119 cm³/mol. The third kappa shape index (κ3) is 4.49. The van der Waals surface area contributed by atoms with Crippen LogP contribution in [-0.4, -0.2) is 43.1 Å². The number of carbonyl (C=O) groups is 1. The summed E-state index contributed by atoms with van der Waals surface area (Å²) in [6, 6.07) is 16.3. The van der Waals surface area contributed by atoms with Crippen LogP contribution in [0.15, 0.2) is 53.9 Å². The maximum absolute atomic E-state index is 13.0. The molecule has 1 aromatic heterocycles. The summed E-state index contributed by atoms with van der Waals surface area (Å²) in [5, 5.41) is 2.66. The van der Waals surface area contributed by atoms with Gasteiger partial charge in [0.2, 0.25) is 0 Å². The minimum Gasteiger partial charge on any atom is -0.493 e. The maximum Gasteiger partial charge on any atom is 0.273 e. The molecule has 0 saturated carbocycles. The van der Waals surface area contributed by atoms with Gasteiger partial charge >= 0.3 is 0 Å². The summed E-state index contributed by atoms with van der Waals surface area (Å²) >= 11 is 1.47. The molecule has 30 heavy (non-hydrogen) atoms. The van der Waals surface area contributed by atoms with Crippen molar-refractivity contribution in [2.45, 2.75) is 19.3 Å². The molecular formula is C24H26N2O3S. The first-order valence-electron chi connectivity index (χ1n) is 10.2. The van der Waals surface area contributed by atoms with Gasteiger partial charge in [-0.2, -0.15) is 0 Å². The van der Waals surface area contributed by atoms with Crippen molar-refractivity contribution in [1.82, 2.24) is 9.88 Å². The molecule has 0 radical (unpaired) electrons. The zero-order valence-corrected chi connectivity index (χ0v) is 18.2. The van der Waals surface area contributed by atoms with E-state index in [0.717, 1.165) is 42.9 Å². The number of nitrogens with zero attached hydrogens (tertiary/aromatic N) is 2. The minimum absolute atomic E-state index is 0.0242. The Morgan fingerprint density at radius 2 is 1.80 bits per heavy atom. The SMILES string of the molecule is COc1ccc(-c2nc(C(=O)N3CCC(Cc4ccccc4)CC3)cs2)cc1OC. The van der Waals surface area contributed by atoms with Crippen LogP contribution in [0.4, 0.5) is 0 Å². The van der Waals surface area contributed by atoms with Crippen LogP contribution in [0.25, 0.3) is 10.6 Å². The molecule has 3 aromatic rings. The first-order valence-corrected chi connectivity index (χ1v) is 11.1. The van der Waals surface area contributed by atoms with E-state index in [9.17, 15) is 4.79 Å². The highest BCUT2D eigenvalue weighted by Gasteiger charge is 2.25. The lowest BCUT2D eigenvalue weighted by atomic mass is 9.90. The Kier molecular flexibility index (Phi) is 6.33. The molecule has 1 amide bonds. The summed E-state index contributed by atoms with van der Waals surface area (Å²) in [6.07, 6.45) is 3.16. The average Bonchev–Trinajstić information content (AvgIpc) is 3.29. The number of ether oxygens (including phenoxy) is 2. The van der Waals surface area contributed by atoms with E-state index < -0.39 is 0 Å². The summed E-state index contributed by atoms with van der Waals surface area (Å²) in [6.45, 7) is 1.58. The van der Waals surface area contributed by atoms with Crippen LogP contribution >= 0.6 is 11.3 Å². The second kappa shape index (κ2) is 9.30. The molecule has 1 aliphatic heterocycles. The largest absolute Gasteiger partial charge is 0.493 e. The fraction of sp³-hybridized carbons (Fsp3) is 0.333. The molecule has 1 aliphatic rings. The Bertz CT molecular complexity index is 995. The van der Waals surface area contributed by atoms with Crippen LogP contribution in [-0.2, 0) is 6.42 Å². The van der Waals surface area contributed by atoms with Crippen molar-refractivity contribution < 1.29 is 14.3 Å². The molecule has 2 aromatic carbocycles. The average molecular weight is 423 g/mol. The smallest absolute Gasteiger partial charge is 0.273 e. The highest BCUT2D eigenvalue weighted by molar-refractivity contribution is 7.13. The quantitative estimate of drug-likeness (QED) is 0.566. The fourth-order valence-corrected chi connectivity index (χ4v) is 4.71. The molecule has 2 heterocycles. The number of aromatic nitrogens is 1. The lowest BCUT2D eigenvalue weighted by molar-refractivity contribution is 0.0685. The molecule has 1 saturated heterocycles. The Balaban J connectivity index is 1.39. The standard InChI is InChI=1S/C24H26N2O3S/c1-28-21-9-8-19(15-22(21)29-2)23-25-20(16-30-23)24(27)26-12-10-18(11-13-26)14-17-6-4-3-5-7-17/h3-9,15-16,18H,10-14H2,1-2H3. The zero-order valence-electron chi connectivity index (χ0n) is 17.3. The van der Waals surface area contributed by atoms with E-state index >= 15 is 0 Å². The molecule has 4 rings (SSSR count). The lowest BCUT2D eigenvalue weighted by Crippen LogP contribution is -2.39. The molecule has 1 fully saturated rings. The van der Waals surface area contributed by atoms with Crippen molar-refractivity contribution in [1.29, 1.82) is 0 Å². The summed E-state index contributed by atoms with van der Waals surface area (Å²) in [5.41, 5.74) is 2.81. The maximum atomic E-state index is 13.0. The van der Waals surface area contributed by atoms with E-state index in [1.807, 2.05) is 28.5 Å². The van der Waals surface area contributed by atoms with Gasteiger partial charge in [-0.05, 0) is 48.9 Å². The first-order chi connectivity index (χ1) is 14.7. The van der Waals surface area contributed by atoms with E-state index in [4.69, 9.17) is 9.47 Å². The number of benzene rings is 2. The minimum atomic E-state index is 0.0242. The number of likely N-dealkylation sites (tertiary alicyclic amines) is 1. The van der Waals surface area contributed by atoms with Crippen molar-refractivity contribution in [3.63, 3.8) is 0 Å². The molecule has 0 N–H and O–H groups in total. The zero-order chi connectivity index (χ0) is 20.9. The van der Waals surface area contributed by atoms with Crippen molar-refractivity contribution in [2.24, 2.45) is 5.92 Å². The van der Waals surface area contributed by atoms with Gasteiger partial charge in [0.1, 0.15) is 10.7 Å². The van der Waals surface area contributed by atoms with E-state index in [1.54, 1.807) is 14.2 Å². The van der Waals surface area contributed by atoms with E-state index in [-0.39, 0.29) is 5.91 Å². The van der Waals surface area contributed by atoms with Gasteiger partial charge in [0.25, 0.3) is 5.91 Å². The molecule has 5 nitrogen and oxygen atoms in total. The first kappa shape index (κ1) is 20.4. The molecule has 0 unspecified atom stereocenters. The highest BCUT2D eigenvalue weighted by atomic mass is 32.1. The number of thiazole rings is 1. The van der Waals surface area contributed by atoms with E-state index in [1.165, 1.54) is 16.9 Å². The van der Waals surface area contributed by atoms with Crippen LogP contribution in [0.3, 0.4) is 0 Å². The predicted octanol–water partition coefficient (Wildman–Crippen LogP) is 4.92. The summed E-state index contributed by atoms with van der Waals surface area (Å²) in [5.74, 6) is 1.98. The van der Waals surface area contributed by atoms with Crippen LogP contribution in [0.5, 0.6) is 11.5 Å². The van der Waals surface area contributed by atoms with Crippen molar-refractivity contribution in [3.05, 3.63) is 65.2 Å². The van der Waals surface area contributed by atoms with Crippen molar-refractivity contribution in [3.8, 4) is 22.1 Å². The van der Waals surface area contributed by atoms with Gasteiger partial charge in [-0.15, -0.1) is 11.3 Å². The molecule has 0 bridgehead atoms. The molecule has 0 spiro atoms. The summed E-state index contributed by atoms with van der Waals surface area (Å²) in [4.78, 5) is 19.5. The van der Waals surface area contributed by atoms with Crippen molar-refractivity contribution >= 4 is 17.2 Å². The molecule has 0 atom stereocenters. The van der Waals surface area contributed by atoms with Crippen LogP contribution in [0, 0.1) is 5.92 Å². The second-order valence-corrected chi connectivity index (χ2v) is 8.39. The molecule has 0 aliphatic carbocycles. The van der Waals surface area contributed by atoms with Gasteiger partial charge in [0, 0.05) is 24.0 Å². The van der Waals surface area contributed by atoms with Gasteiger partial charge in [-0.3, -0.25) is 4.79 Å². The van der Waals surface area contributed by atoms with Crippen molar-refractivity contribution in [2.75, 3.05) is 27.3 Å². The van der Waals surface area contributed by atoms with E-state index in [2.05, 4.69) is 35.3 Å². The number of hydrogen-bond donors (Lipinski definition) is 0. The number of piperidine rings is 1. The van der Waals surface area contributed by atoms with Gasteiger partial charge in [0.15, 0.2) is 11.5 Å². The number of carbonyl (C=O) groups excluding carboxylic acids is 1. The third-order valence-electron chi connectivity index (χ3n) is 5.62. The molecular weight excluding hydrogens is 396 g/mol. The van der Waals surface area contributed by atoms with Crippen LogP contribution in [0.1, 0.15) is 28.9 Å². The number of hydrogen-bond acceptors (Lipinski definition) is 5. The summed E-state index contributed by atoms with van der Waals surface area (Å²) < 4.78 is 10.7.